The van der Waals surface area contributed by atoms with Gasteiger partial charge in [0.25, 0.3) is 0 Å². The lowest BCUT2D eigenvalue weighted by Crippen LogP contribution is -2.28. The van der Waals surface area contributed by atoms with Crippen molar-refractivity contribution < 1.29 is 9.47 Å². The standard InChI is InChI=1S/C14H21NO2/c1-4-14(5-2)16-10(3)13(17-14)11-8-6-7-9-12(11)15/h6-10,13H,4-5,15H2,1-3H3/t10-,13+/m1/s1. The second-order valence-corrected chi connectivity index (χ2v) is 4.61. The second-order valence-electron chi connectivity index (χ2n) is 4.61. The number of hydrogen-bond donors (Lipinski definition) is 1. The van der Waals surface area contributed by atoms with Gasteiger partial charge in [-0.1, -0.05) is 32.0 Å². The van der Waals surface area contributed by atoms with Crippen molar-refractivity contribution in [2.24, 2.45) is 0 Å². The zero-order chi connectivity index (χ0) is 12.5. The average molecular weight is 235 g/mol. The fourth-order valence-corrected chi connectivity index (χ4v) is 2.43. The summed E-state index contributed by atoms with van der Waals surface area (Å²) < 4.78 is 12.1. The second kappa shape index (κ2) is 4.67. The monoisotopic (exact) mass is 235 g/mol. The molecule has 0 saturated carbocycles. The maximum Gasteiger partial charge on any atom is 0.169 e. The van der Waals surface area contributed by atoms with E-state index in [0.29, 0.717) is 0 Å². The summed E-state index contributed by atoms with van der Waals surface area (Å²) >= 11 is 0. The van der Waals surface area contributed by atoms with E-state index in [0.717, 1.165) is 24.1 Å². The van der Waals surface area contributed by atoms with Crippen molar-refractivity contribution in [3.63, 3.8) is 0 Å². The number of anilines is 1. The van der Waals surface area contributed by atoms with E-state index >= 15 is 0 Å². The van der Waals surface area contributed by atoms with E-state index < -0.39 is 5.79 Å². The number of nitrogen functional groups attached to an aromatic ring is 1. The summed E-state index contributed by atoms with van der Waals surface area (Å²) in [5.41, 5.74) is 7.80. The van der Waals surface area contributed by atoms with Crippen molar-refractivity contribution in [2.75, 3.05) is 5.73 Å². The van der Waals surface area contributed by atoms with Gasteiger partial charge in [0, 0.05) is 11.3 Å². The molecule has 0 amide bonds. The third-order valence-corrected chi connectivity index (χ3v) is 3.55. The Morgan fingerprint density at radius 3 is 2.35 bits per heavy atom. The van der Waals surface area contributed by atoms with Crippen LogP contribution in [0.1, 0.15) is 45.3 Å². The van der Waals surface area contributed by atoms with Crippen LogP contribution in [-0.2, 0) is 9.47 Å². The van der Waals surface area contributed by atoms with Gasteiger partial charge in [-0.05, 0) is 25.8 Å². The van der Waals surface area contributed by atoms with Crippen LogP contribution in [0, 0.1) is 0 Å². The van der Waals surface area contributed by atoms with Gasteiger partial charge in [0.15, 0.2) is 5.79 Å². The zero-order valence-electron chi connectivity index (χ0n) is 10.8. The Morgan fingerprint density at radius 1 is 1.18 bits per heavy atom. The fourth-order valence-electron chi connectivity index (χ4n) is 2.43. The minimum atomic E-state index is -0.438. The summed E-state index contributed by atoms with van der Waals surface area (Å²) in [4.78, 5) is 0. The van der Waals surface area contributed by atoms with E-state index in [2.05, 4.69) is 13.8 Å². The topological polar surface area (TPSA) is 44.5 Å². The minimum Gasteiger partial charge on any atom is -0.398 e. The van der Waals surface area contributed by atoms with Crippen LogP contribution < -0.4 is 5.73 Å². The minimum absolute atomic E-state index is 0.0413. The molecule has 1 saturated heterocycles. The van der Waals surface area contributed by atoms with Gasteiger partial charge in [-0.3, -0.25) is 0 Å². The Hall–Kier alpha value is -1.06. The number of rotatable bonds is 3. The fraction of sp³-hybridized carbons (Fsp3) is 0.571. The summed E-state index contributed by atoms with van der Waals surface area (Å²) in [7, 11) is 0. The molecule has 0 radical (unpaired) electrons. The van der Waals surface area contributed by atoms with E-state index in [1.165, 1.54) is 0 Å². The third-order valence-electron chi connectivity index (χ3n) is 3.55. The first kappa shape index (κ1) is 12.4. The predicted molar refractivity (Wildman–Crippen MR) is 68.5 cm³/mol. The maximum atomic E-state index is 6.12. The molecule has 3 heteroatoms. The van der Waals surface area contributed by atoms with Gasteiger partial charge in [0.05, 0.1) is 6.10 Å². The van der Waals surface area contributed by atoms with Gasteiger partial charge in [-0.2, -0.15) is 0 Å². The summed E-state index contributed by atoms with van der Waals surface area (Å²) in [6.07, 6.45) is 1.70. The Kier molecular flexibility index (Phi) is 3.40. The molecule has 1 heterocycles. The van der Waals surface area contributed by atoms with Crippen molar-refractivity contribution in [3.05, 3.63) is 29.8 Å². The number of hydrogen-bond acceptors (Lipinski definition) is 3. The Labute approximate surface area is 103 Å². The highest BCUT2D eigenvalue weighted by molar-refractivity contribution is 5.48. The molecule has 2 rings (SSSR count). The number of para-hydroxylation sites is 1. The van der Waals surface area contributed by atoms with Gasteiger partial charge in [0.1, 0.15) is 6.10 Å². The molecule has 17 heavy (non-hydrogen) atoms. The van der Waals surface area contributed by atoms with Crippen LogP contribution in [0.2, 0.25) is 0 Å². The summed E-state index contributed by atoms with van der Waals surface area (Å²) in [6, 6.07) is 7.84. The smallest absolute Gasteiger partial charge is 0.169 e. The van der Waals surface area contributed by atoms with Gasteiger partial charge in [-0.25, -0.2) is 0 Å². The molecule has 0 aliphatic carbocycles. The lowest BCUT2D eigenvalue weighted by Gasteiger charge is -2.25. The Balaban J connectivity index is 2.27. The highest BCUT2D eigenvalue weighted by Gasteiger charge is 2.44. The molecule has 1 aromatic rings. The molecule has 0 unspecified atom stereocenters. The molecule has 2 N–H and O–H groups in total. The van der Waals surface area contributed by atoms with E-state index in [9.17, 15) is 0 Å². The first-order chi connectivity index (χ1) is 8.12. The number of benzene rings is 1. The van der Waals surface area contributed by atoms with Crippen molar-refractivity contribution in [3.8, 4) is 0 Å². The molecule has 1 aromatic carbocycles. The molecule has 1 aliphatic rings. The van der Waals surface area contributed by atoms with Gasteiger partial charge in [0.2, 0.25) is 0 Å². The predicted octanol–water partition coefficient (Wildman–Crippen LogP) is 3.26. The normalized spacial score (nSPS) is 27.2. The summed E-state index contributed by atoms with van der Waals surface area (Å²) in [6.45, 7) is 6.23. The van der Waals surface area contributed by atoms with Gasteiger partial charge < -0.3 is 15.2 Å². The van der Waals surface area contributed by atoms with Crippen LogP contribution in [0.5, 0.6) is 0 Å². The quantitative estimate of drug-likeness (QED) is 0.818. The van der Waals surface area contributed by atoms with Crippen LogP contribution in [0.25, 0.3) is 0 Å². The molecular weight excluding hydrogens is 214 g/mol. The Bertz CT molecular complexity index is 388. The first-order valence-electron chi connectivity index (χ1n) is 6.32. The largest absolute Gasteiger partial charge is 0.398 e. The van der Waals surface area contributed by atoms with Crippen molar-refractivity contribution >= 4 is 5.69 Å². The SMILES string of the molecule is CCC1(CC)O[C@H](c2ccccc2N)[C@@H](C)O1. The highest BCUT2D eigenvalue weighted by atomic mass is 16.8. The third kappa shape index (κ3) is 2.17. The molecule has 0 aromatic heterocycles. The van der Waals surface area contributed by atoms with Crippen LogP contribution in [0.4, 0.5) is 5.69 Å². The van der Waals surface area contributed by atoms with E-state index in [1.54, 1.807) is 0 Å². The average Bonchev–Trinajstić information content (AvgIpc) is 2.68. The van der Waals surface area contributed by atoms with Crippen LogP contribution in [0.3, 0.4) is 0 Å². The lowest BCUT2D eigenvalue weighted by molar-refractivity contribution is -0.178. The molecule has 94 valence electrons. The molecule has 1 aliphatic heterocycles. The molecular formula is C14H21NO2. The molecule has 2 atom stereocenters. The van der Waals surface area contributed by atoms with Crippen LogP contribution in [-0.4, -0.2) is 11.9 Å². The molecule has 3 nitrogen and oxygen atoms in total. The van der Waals surface area contributed by atoms with Crippen molar-refractivity contribution in [1.29, 1.82) is 0 Å². The summed E-state index contributed by atoms with van der Waals surface area (Å²) in [5.74, 6) is -0.438. The van der Waals surface area contributed by atoms with Crippen molar-refractivity contribution in [2.45, 2.75) is 51.6 Å². The van der Waals surface area contributed by atoms with Crippen molar-refractivity contribution in [1.82, 2.24) is 0 Å². The van der Waals surface area contributed by atoms with Crippen LogP contribution >= 0.6 is 0 Å². The highest BCUT2D eigenvalue weighted by Crippen LogP contribution is 2.43. The number of nitrogens with two attached hydrogens (primary N) is 1. The van der Waals surface area contributed by atoms with E-state index in [1.807, 2.05) is 31.2 Å². The van der Waals surface area contributed by atoms with Gasteiger partial charge >= 0.3 is 0 Å². The first-order valence-corrected chi connectivity index (χ1v) is 6.32. The maximum absolute atomic E-state index is 6.12. The molecule has 1 fully saturated rings. The van der Waals surface area contributed by atoms with Crippen LogP contribution in [0.15, 0.2) is 24.3 Å². The van der Waals surface area contributed by atoms with E-state index in [-0.39, 0.29) is 12.2 Å². The van der Waals surface area contributed by atoms with E-state index in [4.69, 9.17) is 15.2 Å². The lowest BCUT2D eigenvalue weighted by atomic mass is 10.0. The molecule has 0 spiro atoms. The van der Waals surface area contributed by atoms with Gasteiger partial charge in [-0.15, -0.1) is 0 Å². The molecule has 0 bridgehead atoms. The zero-order valence-corrected chi connectivity index (χ0v) is 10.8. The summed E-state index contributed by atoms with van der Waals surface area (Å²) in [5, 5.41) is 0. The Morgan fingerprint density at radius 2 is 1.82 bits per heavy atom. The number of ether oxygens (including phenoxy) is 2.